The molecule has 5 nitrogen and oxygen atoms in total. The first-order chi connectivity index (χ1) is 9.09. The number of carbonyl (C=O) groups excluding carboxylic acids is 1. The second-order valence-corrected chi connectivity index (χ2v) is 5.12. The average molecular weight is 259 g/mol. The van der Waals surface area contributed by atoms with Gasteiger partial charge in [-0.1, -0.05) is 0 Å². The largest absolute Gasteiger partial charge is 0.339 e. The average Bonchev–Trinajstić information content (AvgIpc) is 3.02. The van der Waals surface area contributed by atoms with E-state index in [0.29, 0.717) is 11.1 Å². The maximum atomic E-state index is 12.4. The number of nitrogens with zero attached hydrogens (tertiary/aromatic N) is 3. The van der Waals surface area contributed by atoms with Crippen LogP contribution in [-0.4, -0.2) is 33.0 Å². The van der Waals surface area contributed by atoms with E-state index in [1.54, 1.807) is 19.3 Å². The van der Waals surface area contributed by atoms with Gasteiger partial charge in [0.15, 0.2) is 0 Å². The van der Waals surface area contributed by atoms with Crippen molar-refractivity contribution in [3.63, 3.8) is 0 Å². The Morgan fingerprint density at radius 1 is 1.21 bits per heavy atom. The lowest BCUT2D eigenvalue weighted by Gasteiger charge is -2.15. The third-order valence-corrected chi connectivity index (χ3v) is 3.90. The minimum atomic E-state index is -0.0615. The summed E-state index contributed by atoms with van der Waals surface area (Å²) in [4.78, 5) is 26.4. The fraction of sp³-hybridized carbons (Fsp3) is 0.429. The van der Waals surface area contributed by atoms with E-state index in [1.807, 2.05) is 22.6 Å². The van der Waals surface area contributed by atoms with Gasteiger partial charge in [0.25, 0.3) is 11.5 Å². The number of rotatable bonds is 1. The molecule has 3 rings (SSSR count). The zero-order valence-electron chi connectivity index (χ0n) is 11.2. The van der Waals surface area contributed by atoms with Gasteiger partial charge in [0.1, 0.15) is 5.69 Å². The summed E-state index contributed by atoms with van der Waals surface area (Å²) in [5, 5.41) is 0.607. The standard InChI is InChI=1S/C14H17N3O2/c1-15-8-5-11-10(13(15)18)9-12(16(11)2)14(19)17-6-3-4-7-17/h5,8-9H,3-4,6-7H2,1-2H3. The number of hydrogen-bond acceptors (Lipinski definition) is 2. The quantitative estimate of drug-likeness (QED) is 0.770. The molecule has 100 valence electrons. The van der Waals surface area contributed by atoms with Crippen LogP contribution in [0, 0.1) is 0 Å². The maximum absolute atomic E-state index is 12.4. The third kappa shape index (κ3) is 1.77. The van der Waals surface area contributed by atoms with Crippen LogP contribution in [0.5, 0.6) is 0 Å². The van der Waals surface area contributed by atoms with Crippen molar-refractivity contribution in [1.82, 2.24) is 14.0 Å². The van der Waals surface area contributed by atoms with Crippen LogP contribution < -0.4 is 5.56 Å². The highest BCUT2D eigenvalue weighted by Crippen LogP contribution is 2.19. The molecule has 0 bridgehead atoms. The lowest BCUT2D eigenvalue weighted by atomic mass is 10.3. The van der Waals surface area contributed by atoms with Crippen molar-refractivity contribution < 1.29 is 4.79 Å². The molecule has 0 aliphatic carbocycles. The second kappa shape index (κ2) is 4.26. The smallest absolute Gasteiger partial charge is 0.270 e. The molecule has 0 saturated carbocycles. The van der Waals surface area contributed by atoms with Gasteiger partial charge in [0.2, 0.25) is 0 Å². The minimum absolute atomic E-state index is 0.0262. The zero-order chi connectivity index (χ0) is 13.6. The molecular formula is C14H17N3O2. The Kier molecular flexibility index (Phi) is 2.69. The summed E-state index contributed by atoms with van der Waals surface area (Å²) >= 11 is 0. The number of aromatic nitrogens is 2. The van der Waals surface area contributed by atoms with Crippen LogP contribution >= 0.6 is 0 Å². The van der Waals surface area contributed by atoms with Crippen LogP contribution in [0.2, 0.25) is 0 Å². The molecule has 5 heteroatoms. The molecular weight excluding hydrogens is 242 g/mol. The monoisotopic (exact) mass is 259 g/mol. The van der Waals surface area contributed by atoms with Crippen molar-refractivity contribution in [2.75, 3.05) is 13.1 Å². The highest BCUT2D eigenvalue weighted by molar-refractivity contribution is 5.98. The van der Waals surface area contributed by atoms with Crippen LogP contribution in [0.25, 0.3) is 10.9 Å². The van der Waals surface area contributed by atoms with E-state index in [9.17, 15) is 9.59 Å². The van der Waals surface area contributed by atoms with Crippen molar-refractivity contribution in [1.29, 1.82) is 0 Å². The first kappa shape index (κ1) is 12.0. The normalized spacial score (nSPS) is 15.4. The second-order valence-electron chi connectivity index (χ2n) is 5.12. The van der Waals surface area contributed by atoms with E-state index in [0.717, 1.165) is 31.4 Å². The highest BCUT2D eigenvalue weighted by atomic mass is 16.2. The van der Waals surface area contributed by atoms with Crippen LogP contribution in [0.4, 0.5) is 0 Å². The number of carbonyl (C=O) groups is 1. The zero-order valence-corrected chi connectivity index (χ0v) is 11.2. The van der Waals surface area contributed by atoms with Crippen molar-refractivity contribution >= 4 is 16.8 Å². The molecule has 0 atom stereocenters. The molecule has 1 aliphatic rings. The Balaban J connectivity index is 2.14. The van der Waals surface area contributed by atoms with Gasteiger partial charge in [-0.3, -0.25) is 9.59 Å². The SMILES string of the molecule is Cn1ccc2c(cc(C(=O)N3CCCC3)n2C)c1=O. The molecule has 0 radical (unpaired) electrons. The van der Waals surface area contributed by atoms with Crippen LogP contribution in [0.3, 0.4) is 0 Å². The summed E-state index contributed by atoms with van der Waals surface area (Å²) in [6.45, 7) is 1.64. The molecule has 19 heavy (non-hydrogen) atoms. The van der Waals surface area contributed by atoms with Crippen LogP contribution in [0.1, 0.15) is 23.3 Å². The van der Waals surface area contributed by atoms with Crippen molar-refractivity contribution in [3.8, 4) is 0 Å². The van der Waals surface area contributed by atoms with E-state index >= 15 is 0 Å². The maximum Gasteiger partial charge on any atom is 0.270 e. The summed E-state index contributed by atoms with van der Waals surface area (Å²) in [5.74, 6) is 0.0262. The first-order valence-corrected chi connectivity index (χ1v) is 6.54. The van der Waals surface area contributed by atoms with E-state index in [-0.39, 0.29) is 11.5 Å². The van der Waals surface area contributed by atoms with E-state index < -0.39 is 0 Å². The lowest BCUT2D eigenvalue weighted by molar-refractivity contribution is 0.0784. The highest BCUT2D eigenvalue weighted by Gasteiger charge is 2.23. The topological polar surface area (TPSA) is 47.2 Å². The predicted molar refractivity (Wildman–Crippen MR) is 73.3 cm³/mol. The number of likely N-dealkylation sites (tertiary alicyclic amines) is 1. The Labute approximate surface area is 111 Å². The van der Waals surface area contributed by atoms with Gasteiger partial charge in [0, 0.05) is 33.4 Å². The summed E-state index contributed by atoms with van der Waals surface area (Å²) in [7, 11) is 3.56. The van der Waals surface area contributed by atoms with Crippen molar-refractivity contribution in [2.24, 2.45) is 14.1 Å². The molecule has 3 heterocycles. The predicted octanol–water partition coefficient (Wildman–Crippen LogP) is 1.11. The van der Waals surface area contributed by atoms with E-state index in [1.165, 1.54) is 4.57 Å². The molecule has 1 aliphatic heterocycles. The van der Waals surface area contributed by atoms with E-state index in [4.69, 9.17) is 0 Å². The molecule has 0 spiro atoms. The first-order valence-electron chi connectivity index (χ1n) is 6.54. The van der Waals surface area contributed by atoms with E-state index in [2.05, 4.69) is 0 Å². The molecule has 1 fully saturated rings. The van der Waals surface area contributed by atoms with Gasteiger partial charge in [0.05, 0.1) is 10.9 Å². The summed E-state index contributed by atoms with van der Waals surface area (Å²) in [6.07, 6.45) is 3.86. The molecule has 0 unspecified atom stereocenters. The van der Waals surface area contributed by atoms with Gasteiger partial charge in [-0.15, -0.1) is 0 Å². The van der Waals surface area contributed by atoms with Crippen LogP contribution in [0.15, 0.2) is 23.1 Å². The Hall–Kier alpha value is -2.04. The minimum Gasteiger partial charge on any atom is -0.339 e. The Morgan fingerprint density at radius 3 is 2.58 bits per heavy atom. The number of aryl methyl sites for hydroxylation is 2. The number of fused-ring (bicyclic) bond motifs is 1. The molecule has 0 N–H and O–H groups in total. The van der Waals surface area contributed by atoms with Crippen molar-refractivity contribution in [3.05, 3.63) is 34.4 Å². The summed E-state index contributed by atoms with van der Waals surface area (Å²) < 4.78 is 3.35. The van der Waals surface area contributed by atoms with Gasteiger partial charge in [-0.2, -0.15) is 0 Å². The fourth-order valence-corrected chi connectivity index (χ4v) is 2.72. The van der Waals surface area contributed by atoms with Gasteiger partial charge in [-0.25, -0.2) is 0 Å². The van der Waals surface area contributed by atoms with Crippen LogP contribution in [-0.2, 0) is 14.1 Å². The Bertz CT molecular complexity index is 705. The number of amides is 1. The van der Waals surface area contributed by atoms with Gasteiger partial charge >= 0.3 is 0 Å². The van der Waals surface area contributed by atoms with Crippen molar-refractivity contribution in [2.45, 2.75) is 12.8 Å². The number of hydrogen-bond donors (Lipinski definition) is 0. The molecule has 2 aromatic heterocycles. The van der Waals surface area contributed by atoms with Gasteiger partial charge in [-0.05, 0) is 25.0 Å². The molecule has 1 saturated heterocycles. The van der Waals surface area contributed by atoms with Gasteiger partial charge < -0.3 is 14.0 Å². The Morgan fingerprint density at radius 2 is 1.89 bits per heavy atom. The number of pyridine rings is 1. The molecule has 0 aromatic carbocycles. The molecule has 2 aromatic rings. The molecule has 1 amide bonds. The summed E-state index contributed by atoms with van der Waals surface area (Å²) in [6, 6.07) is 3.59. The lowest BCUT2D eigenvalue weighted by Crippen LogP contribution is -2.29. The fourth-order valence-electron chi connectivity index (χ4n) is 2.72. The third-order valence-electron chi connectivity index (χ3n) is 3.90. The summed E-state index contributed by atoms with van der Waals surface area (Å²) in [5.41, 5.74) is 1.35.